The Morgan fingerprint density at radius 1 is 1.44 bits per heavy atom. The van der Waals surface area contributed by atoms with E-state index in [-0.39, 0.29) is 12.5 Å². The Bertz CT molecular complexity index is 472. The molecule has 0 aromatic heterocycles. The molecule has 5 heteroatoms. The molecule has 0 aliphatic carbocycles. The van der Waals surface area contributed by atoms with E-state index in [4.69, 9.17) is 4.74 Å². The van der Waals surface area contributed by atoms with Crippen molar-refractivity contribution in [1.82, 2.24) is 0 Å². The number of anilines is 1. The first-order chi connectivity index (χ1) is 8.65. The van der Waals surface area contributed by atoms with Crippen molar-refractivity contribution >= 4 is 17.6 Å². The highest BCUT2D eigenvalue weighted by atomic mass is 16.5. The molecule has 1 amide bonds. The molecule has 1 aromatic carbocycles. The molecule has 1 heterocycles. The molecule has 18 heavy (non-hydrogen) atoms. The molecule has 0 saturated heterocycles. The first kappa shape index (κ1) is 12.6. The Hall–Kier alpha value is -1.88. The van der Waals surface area contributed by atoms with Crippen LogP contribution in [0.2, 0.25) is 0 Å². The maximum atomic E-state index is 11.9. The van der Waals surface area contributed by atoms with Gasteiger partial charge in [0.2, 0.25) is 0 Å². The number of rotatable bonds is 3. The molecule has 5 nitrogen and oxygen atoms in total. The van der Waals surface area contributed by atoms with Crippen LogP contribution in [0.5, 0.6) is 0 Å². The van der Waals surface area contributed by atoms with Crippen molar-refractivity contribution in [3.05, 3.63) is 29.8 Å². The molecule has 1 aliphatic rings. The summed E-state index contributed by atoms with van der Waals surface area (Å²) in [4.78, 5) is 24.7. The van der Waals surface area contributed by atoms with Gasteiger partial charge in [-0.25, -0.2) is 0 Å². The zero-order chi connectivity index (χ0) is 13.1. The number of hydrogen-bond donors (Lipinski definition) is 1. The molecule has 1 unspecified atom stereocenters. The number of para-hydroxylation sites is 1. The molecule has 1 atom stereocenters. The van der Waals surface area contributed by atoms with Crippen LogP contribution in [0.25, 0.3) is 0 Å². The highest BCUT2D eigenvalue weighted by Gasteiger charge is 2.31. The summed E-state index contributed by atoms with van der Waals surface area (Å²) in [6.45, 7) is 0.419. The molecule has 0 radical (unpaired) electrons. The van der Waals surface area contributed by atoms with E-state index in [9.17, 15) is 14.7 Å². The number of fused-ring (bicyclic) bond motifs is 1. The van der Waals surface area contributed by atoms with E-state index in [0.717, 1.165) is 0 Å². The van der Waals surface area contributed by atoms with Gasteiger partial charge in [0, 0.05) is 19.3 Å². The van der Waals surface area contributed by atoms with Crippen LogP contribution in [0.15, 0.2) is 24.3 Å². The number of ether oxygens (including phenoxy) is 1. The Morgan fingerprint density at radius 3 is 2.83 bits per heavy atom. The number of nitrogens with zero attached hydrogens (tertiary/aromatic N) is 1. The standard InChI is InChI=1S/C13H15NO4/c1-18-8-12(15)14-7-6-10(13(16)17)9-4-2-3-5-11(9)14/h2-5,10H,6-8H2,1H3,(H,16,17). The predicted molar refractivity (Wildman–Crippen MR) is 65.7 cm³/mol. The van der Waals surface area contributed by atoms with Crippen molar-refractivity contribution in [2.75, 3.05) is 25.2 Å². The molecule has 0 saturated carbocycles. The van der Waals surface area contributed by atoms with Crippen LogP contribution in [0, 0.1) is 0 Å². The fourth-order valence-corrected chi connectivity index (χ4v) is 2.28. The third-order valence-electron chi connectivity index (χ3n) is 3.11. The average molecular weight is 249 g/mol. The van der Waals surface area contributed by atoms with Crippen molar-refractivity contribution in [2.24, 2.45) is 0 Å². The second kappa shape index (κ2) is 5.18. The van der Waals surface area contributed by atoms with Gasteiger partial charge < -0.3 is 14.7 Å². The number of carboxylic acids is 1. The lowest BCUT2D eigenvalue weighted by Crippen LogP contribution is -2.40. The Balaban J connectivity index is 2.36. The summed E-state index contributed by atoms with van der Waals surface area (Å²) in [5.41, 5.74) is 1.37. The molecule has 1 aliphatic heterocycles. The second-order valence-electron chi connectivity index (χ2n) is 4.22. The summed E-state index contributed by atoms with van der Waals surface area (Å²) < 4.78 is 4.84. The van der Waals surface area contributed by atoms with E-state index in [1.54, 1.807) is 29.2 Å². The van der Waals surface area contributed by atoms with Gasteiger partial charge in [0.1, 0.15) is 6.61 Å². The van der Waals surface area contributed by atoms with Crippen LogP contribution in [0.1, 0.15) is 17.9 Å². The number of methoxy groups -OCH3 is 1. The third-order valence-corrected chi connectivity index (χ3v) is 3.11. The normalized spacial score (nSPS) is 18.3. The van der Waals surface area contributed by atoms with E-state index in [1.807, 2.05) is 0 Å². The van der Waals surface area contributed by atoms with Gasteiger partial charge in [0.05, 0.1) is 5.92 Å². The van der Waals surface area contributed by atoms with Gasteiger partial charge in [-0.2, -0.15) is 0 Å². The van der Waals surface area contributed by atoms with Gasteiger partial charge >= 0.3 is 5.97 Å². The van der Waals surface area contributed by atoms with Gasteiger partial charge in [0.15, 0.2) is 0 Å². The van der Waals surface area contributed by atoms with Crippen molar-refractivity contribution in [3.8, 4) is 0 Å². The third kappa shape index (κ3) is 2.22. The number of aliphatic carboxylic acids is 1. The number of carboxylic acid groups (broad SMARTS) is 1. The number of amides is 1. The minimum atomic E-state index is -0.846. The Labute approximate surface area is 105 Å². The minimum Gasteiger partial charge on any atom is -0.481 e. The summed E-state index contributed by atoms with van der Waals surface area (Å²) in [7, 11) is 1.47. The molecular weight excluding hydrogens is 234 g/mol. The fraction of sp³-hybridized carbons (Fsp3) is 0.385. The molecule has 0 fully saturated rings. The van der Waals surface area contributed by atoms with E-state index < -0.39 is 11.9 Å². The summed E-state index contributed by atoms with van der Waals surface area (Å²) in [5, 5.41) is 9.19. The number of carbonyl (C=O) groups excluding carboxylic acids is 1. The second-order valence-corrected chi connectivity index (χ2v) is 4.22. The lowest BCUT2D eigenvalue weighted by molar-refractivity contribution is -0.139. The zero-order valence-electron chi connectivity index (χ0n) is 10.1. The first-order valence-corrected chi connectivity index (χ1v) is 5.76. The van der Waals surface area contributed by atoms with Gasteiger partial charge in [-0.05, 0) is 18.1 Å². The summed E-state index contributed by atoms with van der Waals surface area (Å²) >= 11 is 0. The molecule has 0 bridgehead atoms. The molecule has 2 rings (SSSR count). The number of benzene rings is 1. The molecule has 96 valence electrons. The lowest BCUT2D eigenvalue weighted by atomic mass is 9.90. The van der Waals surface area contributed by atoms with Crippen LogP contribution in [-0.4, -0.2) is 37.2 Å². The van der Waals surface area contributed by atoms with Gasteiger partial charge in [-0.1, -0.05) is 18.2 Å². The topological polar surface area (TPSA) is 66.8 Å². The van der Waals surface area contributed by atoms with Crippen LogP contribution in [-0.2, 0) is 14.3 Å². The highest BCUT2D eigenvalue weighted by Crippen LogP contribution is 2.35. The smallest absolute Gasteiger partial charge is 0.311 e. The molecule has 0 spiro atoms. The Morgan fingerprint density at radius 2 is 2.17 bits per heavy atom. The number of carbonyl (C=O) groups is 2. The van der Waals surface area contributed by atoms with E-state index in [0.29, 0.717) is 24.2 Å². The van der Waals surface area contributed by atoms with Crippen LogP contribution in [0.4, 0.5) is 5.69 Å². The predicted octanol–water partition coefficient (Wildman–Crippen LogP) is 1.24. The monoisotopic (exact) mass is 249 g/mol. The van der Waals surface area contributed by atoms with Crippen LogP contribution >= 0.6 is 0 Å². The van der Waals surface area contributed by atoms with Crippen molar-refractivity contribution in [2.45, 2.75) is 12.3 Å². The van der Waals surface area contributed by atoms with Crippen LogP contribution < -0.4 is 4.90 Å². The minimum absolute atomic E-state index is 0.00602. The SMILES string of the molecule is COCC(=O)N1CCC(C(=O)O)c2ccccc21. The zero-order valence-corrected chi connectivity index (χ0v) is 10.1. The van der Waals surface area contributed by atoms with E-state index in [2.05, 4.69) is 0 Å². The van der Waals surface area contributed by atoms with Crippen LogP contribution in [0.3, 0.4) is 0 Å². The van der Waals surface area contributed by atoms with Crippen molar-refractivity contribution in [3.63, 3.8) is 0 Å². The molecule has 1 N–H and O–H groups in total. The Kier molecular flexibility index (Phi) is 3.62. The summed E-state index contributed by atoms with van der Waals surface area (Å²) in [5.74, 6) is -1.53. The van der Waals surface area contributed by atoms with E-state index >= 15 is 0 Å². The molecular formula is C13H15NO4. The lowest BCUT2D eigenvalue weighted by Gasteiger charge is -2.32. The maximum absolute atomic E-state index is 11.9. The van der Waals surface area contributed by atoms with Gasteiger partial charge in [-0.3, -0.25) is 9.59 Å². The van der Waals surface area contributed by atoms with Crippen molar-refractivity contribution < 1.29 is 19.4 Å². The quantitative estimate of drug-likeness (QED) is 0.875. The maximum Gasteiger partial charge on any atom is 0.311 e. The fourth-order valence-electron chi connectivity index (χ4n) is 2.28. The van der Waals surface area contributed by atoms with Gasteiger partial charge in [0.25, 0.3) is 5.91 Å². The first-order valence-electron chi connectivity index (χ1n) is 5.76. The van der Waals surface area contributed by atoms with Crippen molar-refractivity contribution in [1.29, 1.82) is 0 Å². The average Bonchev–Trinajstić information content (AvgIpc) is 2.37. The largest absolute Gasteiger partial charge is 0.481 e. The summed E-state index contributed by atoms with van der Waals surface area (Å²) in [6, 6.07) is 7.13. The molecule has 1 aromatic rings. The number of hydrogen-bond acceptors (Lipinski definition) is 3. The highest BCUT2D eigenvalue weighted by molar-refractivity contribution is 5.97. The van der Waals surface area contributed by atoms with Gasteiger partial charge in [-0.15, -0.1) is 0 Å². The summed E-state index contributed by atoms with van der Waals surface area (Å²) in [6.07, 6.45) is 0.432. The van der Waals surface area contributed by atoms with E-state index in [1.165, 1.54) is 7.11 Å².